The maximum atomic E-state index is 11.8. The lowest BCUT2D eigenvalue weighted by Crippen LogP contribution is -2.48. The molecule has 186 valence electrons. The number of methoxy groups -OCH3 is 1. The van der Waals surface area contributed by atoms with Gasteiger partial charge >= 0.3 is 0 Å². The molecule has 0 aliphatic carbocycles. The van der Waals surface area contributed by atoms with E-state index in [-0.39, 0.29) is 23.9 Å². The average molecular weight is 479 g/mol. The van der Waals surface area contributed by atoms with E-state index in [1.165, 1.54) is 5.56 Å². The topological polar surface area (TPSA) is 87.0 Å². The Kier molecular flexibility index (Phi) is 6.17. The van der Waals surface area contributed by atoms with E-state index in [4.69, 9.17) is 14.7 Å². The van der Waals surface area contributed by atoms with Crippen LogP contribution in [0.4, 0.5) is 11.8 Å². The van der Waals surface area contributed by atoms with E-state index < -0.39 is 0 Å². The second-order valence-electron chi connectivity index (χ2n) is 9.68. The number of piperazine rings is 1. The fraction of sp³-hybridized carbons (Fsp3) is 0.500. The molecule has 0 radical (unpaired) electrons. The normalized spacial score (nSPS) is 18.7. The molecular weight excluding hydrogens is 444 g/mol. The summed E-state index contributed by atoms with van der Waals surface area (Å²) in [7, 11) is 1.68. The summed E-state index contributed by atoms with van der Waals surface area (Å²) in [4.78, 5) is 28.0. The van der Waals surface area contributed by atoms with Crippen molar-refractivity contribution < 1.29 is 14.6 Å². The molecule has 35 heavy (non-hydrogen) atoms. The predicted molar refractivity (Wildman–Crippen MR) is 136 cm³/mol. The Morgan fingerprint density at radius 1 is 1.09 bits per heavy atom. The SMILES string of the molecule is COc1ccc(C2CCCN2c2nc(N3CCN(C(C)=O)CC3)nc3c(O)n(C(C)C)cc23)cc1. The summed E-state index contributed by atoms with van der Waals surface area (Å²) in [5.74, 6) is 2.56. The van der Waals surface area contributed by atoms with Crippen molar-refractivity contribution in [2.45, 2.75) is 45.7 Å². The highest BCUT2D eigenvalue weighted by Crippen LogP contribution is 2.42. The predicted octanol–water partition coefficient (Wildman–Crippen LogP) is 3.74. The number of hydrogen-bond acceptors (Lipinski definition) is 7. The van der Waals surface area contributed by atoms with Gasteiger partial charge < -0.3 is 29.1 Å². The lowest BCUT2D eigenvalue weighted by Gasteiger charge is -2.35. The first kappa shape index (κ1) is 23.3. The second kappa shape index (κ2) is 9.28. The molecule has 2 saturated heterocycles. The quantitative estimate of drug-likeness (QED) is 0.598. The van der Waals surface area contributed by atoms with Gasteiger partial charge in [0.05, 0.1) is 18.5 Å². The minimum atomic E-state index is 0.0905. The number of carbonyl (C=O) groups excluding carboxylic acids is 1. The number of anilines is 2. The van der Waals surface area contributed by atoms with Crippen molar-refractivity contribution >= 4 is 28.6 Å². The number of fused-ring (bicyclic) bond motifs is 1. The molecule has 9 nitrogen and oxygen atoms in total. The Bertz CT molecular complexity index is 1210. The lowest BCUT2D eigenvalue weighted by molar-refractivity contribution is -0.129. The number of amides is 1. The van der Waals surface area contributed by atoms with Crippen LogP contribution in [0.25, 0.3) is 10.9 Å². The van der Waals surface area contributed by atoms with Crippen LogP contribution in [0, 0.1) is 0 Å². The zero-order valence-corrected chi connectivity index (χ0v) is 20.9. The summed E-state index contributed by atoms with van der Waals surface area (Å²) < 4.78 is 7.21. The molecule has 3 aromatic rings. The number of hydrogen-bond donors (Lipinski definition) is 1. The molecule has 0 saturated carbocycles. The van der Waals surface area contributed by atoms with Crippen LogP contribution in [0.1, 0.15) is 51.3 Å². The summed E-state index contributed by atoms with van der Waals surface area (Å²) in [6.07, 6.45) is 4.07. The Labute approximate surface area is 205 Å². The van der Waals surface area contributed by atoms with Gasteiger partial charge in [-0.1, -0.05) is 12.1 Å². The highest BCUT2D eigenvalue weighted by Gasteiger charge is 2.32. The minimum absolute atomic E-state index is 0.0905. The third-order valence-electron chi connectivity index (χ3n) is 7.23. The molecule has 2 aliphatic rings. The molecule has 1 unspecified atom stereocenters. The second-order valence-corrected chi connectivity index (χ2v) is 9.68. The van der Waals surface area contributed by atoms with E-state index in [2.05, 4.69) is 21.9 Å². The monoisotopic (exact) mass is 478 g/mol. The Morgan fingerprint density at radius 3 is 2.43 bits per heavy atom. The highest BCUT2D eigenvalue weighted by molar-refractivity contribution is 5.94. The van der Waals surface area contributed by atoms with Gasteiger partial charge in [-0.05, 0) is 44.4 Å². The molecule has 4 heterocycles. The van der Waals surface area contributed by atoms with Crippen molar-refractivity contribution in [3.05, 3.63) is 36.0 Å². The summed E-state index contributed by atoms with van der Waals surface area (Å²) in [6, 6.07) is 8.53. The zero-order valence-electron chi connectivity index (χ0n) is 20.9. The summed E-state index contributed by atoms with van der Waals surface area (Å²) in [5.41, 5.74) is 1.80. The zero-order chi connectivity index (χ0) is 24.7. The van der Waals surface area contributed by atoms with Gasteiger partial charge in [-0.3, -0.25) is 4.79 Å². The van der Waals surface area contributed by atoms with Crippen LogP contribution >= 0.6 is 0 Å². The Morgan fingerprint density at radius 2 is 1.80 bits per heavy atom. The van der Waals surface area contributed by atoms with E-state index in [0.717, 1.165) is 36.3 Å². The van der Waals surface area contributed by atoms with Crippen LogP contribution in [-0.2, 0) is 4.79 Å². The molecular formula is C26H34N6O3. The Balaban J connectivity index is 1.57. The van der Waals surface area contributed by atoms with Gasteiger partial charge in [-0.25, -0.2) is 4.98 Å². The van der Waals surface area contributed by atoms with Crippen LogP contribution in [-0.4, -0.2) is 70.3 Å². The van der Waals surface area contributed by atoms with E-state index >= 15 is 0 Å². The van der Waals surface area contributed by atoms with Gasteiger partial charge in [0.1, 0.15) is 17.1 Å². The van der Waals surface area contributed by atoms with E-state index in [0.29, 0.717) is 37.6 Å². The number of benzene rings is 1. The van der Waals surface area contributed by atoms with Gasteiger partial charge in [0.25, 0.3) is 0 Å². The summed E-state index contributed by atoms with van der Waals surface area (Å²) >= 11 is 0. The molecule has 1 atom stereocenters. The standard InChI is InChI=1S/C26H34N6O3/c1-17(2)32-16-21-23(25(32)34)27-26(30-14-12-29(13-15-30)18(3)33)28-24(21)31-11-5-6-22(31)19-7-9-20(35-4)10-8-19/h7-10,16-17,22,34H,5-6,11-15H2,1-4H3. The lowest BCUT2D eigenvalue weighted by atomic mass is 10.0. The first-order valence-corrected chi connectivity index (χ1v) is 12.4. The largest absolute Gasteiger partial charge is 0.497 e. The third-order valence-corrected chi connectivity index (χ3v) is 7.23. The summed E-state index contributed by atoms with van der Waals surface area (Å²) in [6.45, 7) is 9.19. The van der Waals surface area contributed by atoms with E-state index in [1.807, 2.05) is 41.6 Å². The number of nitrogens with zero attached hydrogens (tertiary/aromatic N) is 6. The van der Waals surface area contributed by atoms with Crippen LogP contribution in [0.3, 0.4) is 0 Å². The van der Waals surface area contributed by atoms with Crippen molar-refractivity contribution in [3.63, 3.8) is 0 Å². The first-order chi connectivity index (χ1) is 16.9. The van der Waals surface area contributed by atoms with Crippen LogP contribution in [0.15, 0.2) is 30.5 Å². The highest BCUT2D eigenvalue weighted by atomic mass is 16.5. The third kappa shape index (κ3) is 4.24. The maximum absolute atomic E-state index is 11.8. The molecule has 1 N–H and O–H groups in total. The maximum Gasteiger partial charge on any atom is 0.228 e. The number of aromatic hydroxyl groups is 1. The molecule has 1 aromatic carbocycles. The molecule has 1 amide bonds. The molecule has 0 bridgehead atoms. The first-order valence-electron chi connectivity index (χ1n) is 12.4. The van der Waals surface area contributed by atoms with Crippen molar-refractivity contribution in [1.82, 2.24) is 19.4 Å². The Hall–Kier alpha value is -3.49. The van der Waals surface area contributed by atoms with Crippen molar-refractivity contribution in [2.24, 2.45) is 0 Å². The molecule has 2 aliphatic heterocycles. The van der Waals surface area contributed by atoms with Crippen LogP contribution in [0.5, 0.6) is 11.6 Å². The van der Waals surface area contributed by atoms with E-state index in [9.17, 15) is 9.90 Å². The molecule has 0 spiro atoms. The minimum Gasteiger partial charge on any atom is -0.497 e. The van der Waals surface area contributed by atoms with Gasteiger partial charge in [-0.2, -0.15) is 4.98 Å². The molecule has 5 rings (SSSR count). The van der Waals surface area contributed by atoms with Gasteiger partial charge in [0, 0.05) is 51.9 Å². The van der Waals surface area contributed by atoms with Crippen molar-refractivity contribution in [2.75, 3.05) is 49.6 Å². The molecule has 2 fully saturated rings. The molecule has 2 aromatic heterocycles. The van der Waals surface area contributed by atoms with Crippen molar-refractivity contribution in [1.29, 1.82) is 0 Å². The van der Waals surface area contributed by atoms with Crippen LogP contribution < -0.4 is 14.5 Å². The van der Waals surface area contributed by atoms with Crippen LogP contribution in [0.2, 0.25) is 0 Å². The number of carbonyl (C=O) groups is 1. The summed E-state index contributed by atoms with van der Waals surface area (Å²) in [5, 5.41) is 11.9. The smallest absolute Gasteiger partial charge is 0.228 e. The fourth-order valence-corrected chi connectivity index (χ4v) is 5.23. The molecule has 9 heteroatoms. The number of aromatic nitrogens is 3. The van der Waals surface area contributed by atoms with Gasteiger partial charge in [0.2, 0.25) is 17.7 Å². The number of rotatable bonds is 5. The van der Waals surface area contributed by atoms with Gasteiger partial charge in [0.15, 0.2) is 0 Å². The van der Waals surface area contributed by atoms with Crippen molar-refractivity contribution in [3.8, 4) is 11.6 Å². The fourth-order valence-electron chi connectivity index (χ4n) is 5.23. The van der Waals surface area contributed by atoms with E-state index in [1.54, 1.807) is 14.0 Å². The van der Waals surface area contributed by atoms with Gasteiger partial charge in [-0.15, -0.1) is 0 Å². The number of ether oxygens (including phenoxy) is 1. The average Bonchev–Trinajstić information content (AvgIpc) is 3.49.